The van der Waals surface area contributed by atoms with Crippen molar-refractivity contribution >= 4 is 35.1 Å². The lowest BCUT2D eigenvalue weighted by Crippen LogP contribution is -2.29. The molecule has 0 saturated carbocycles. The molecule has 138 valence electrons. The van der Waals surface area contributed by atoms with Gasteiger partial charge in [0.15, 0.2) is 0 Å². The first-order valence-corrected chi connectivity index (χ1v) is 8.88. The molecule has 0 aliphatic heterocycles. The number of nitrogens with zero attached hydrogens (tertiary/aromatic N) is 1. The van der Waals surface area contributed by atoms with Crippen LogP contribution in [0.25, 0.3) is 12.2 Å². The number of benzene rings is 2. The van der Waals surface area contributed by atoms with E-state index in [0.717, 1.165) is 0 Å². The second-order valence-electron chi connectivity index (χ2n) is 5.70. The molecule has 0 atom stereocenters. The highest BCUT2D eigenvalue weighted by molar-refractivity contribution is 7.07. The van der Waals surface area contributed by atoms with Gasteiger partial charge in [0.1, 0.15) is 16.2 Å². The molecule has 5 nitrogen and oxygen atoms in total. The summed E-state index contributed by atoms with van der Waals surface area (Å²) < 4.78 is 20.6. The first-order valence-electron chi connectivity index (χ1n) is 8.07. The number of anilines is 1. The van der Waals surface area contributed by atoms with E-state index in [2.05, 4.69) is 5.32 Å². The van der Waals surface area contributed by atoms with Crippen molar-refractivity contribution in [2.24, 2.45) is 7.05 Å². The third-order valence-electron chi connectivity index (χ3n) is 3.85. The van der Waals surface area contributed by atoms with Crippen LogP contribution in [-0.4, -0.2) is 17.6 Å². The molecule has 3 aromatic rings. The number of hydrogen-bond donors (Lipinski definition) is 1. The van der Waals surface area contributed by atoms with Crippen LogP contribution >= 0.6 is 11.3 Å². The summed E-state index contributed by atoms with van der Waals surface area (Å²) in [5.41, 5.74) is 1.03. The zero-order valence-electron chi connectivity index (χ0n) is 14.7. The van der Waals surface area contributed by atoms with Crippen molar-refractivity contribution in [2.45, 2.75) is 0 Å². The lowest BCUT2D eigenvalue weighted by Gasteiger charge is -2.07. The SMILES string of the molecule is COc1ccccc1NC(=O)/C=c1\s/c(=C\c2ccc(F)cc2)c(=O)n1C. The molecule has 0 spiro atoms. The van der Waals surface area contributed by atoms with Crippen LogP contribution in [0.2, 0.25) is 0 Å². The van der Waals surface area contributed by atoms with Crippen molar-refractivity contribution in [3.05, 3.63) is 79.5 Å². The van der Waals surface area contributed by atoms with Gasteiger partial charge in [0.25, 0.3) is 11.5 Å². The molecule has 1 amide bonds. The zero-order valence-corrected chi connectivity index (χ0v) is 15.5. The van der Waals surface area contributed by atoms with Gasteiger partial charge in [-0.05, 0) is 35.9 Å². The lowest BCUT2D eigenvalue weighted by atomic mass is 10.2. The van der Waals surface area contributed by atoms with E-state index in [1.54, 1.807) is 49.5 Å². The second-order valence-corrected chi connectivity index (χ2v) is 6.76. The van der Waals surface area contributed by atoms with Gasteiger partial charge in [-0.25, -0.2) is 4.39 Å². The Morgan fingerprint density at radius 3 is 2.59 bits per heavy atom. The molecule has 7 heteroatoms. The van der Waals surface area contributed by atoms with Crippen LogP contribution in [0, 0.1) is 5.82 Å². The fourth-order valence-corrected chi connectivity index (χ4v) is 3.48. The Morgan fingerprint density at radius 1 is 1.19 bits per heavy atom. The number of carbonyl (C=O) groups excluding carboxylic acids is 1. The standard InChI is InChI=1S/C20H17FN2O3S/c1-23-19(12-18(24)22-15-5-3-4-6-16(15)26-2)27-17(20(23)25)11-13-7-9-14(21)10-8-13/h3-12H,1-2H3,(H,22,24)/b17-11-,19-12-. The highest BCUT2D eigenvalue weighted by atomic mass is 32.1. The normalized spacial score (nSPS) is 12.3. The number of carbonyl (C=O) groups is 1. The van der Waals surface area contributed by atoms with Crippen molar-refractivity contribution in [3.8, 4) is 5.75 Å². The molecule has 0 aliphatic rings. The topological polar surface area (TPSA) is 60.3 Å². The summed E-state index contributed by atoms with van der Waals surface area (Å²) >= 11 is 1.19. The van der Waals surface area contributed by atoms with Crippen molar-refractivity contribution in [3.63, 3.8) is 0 Å². The number of nitrogens with one attached hydrogen (secondary N) is 1. The number of thiazole rings is 1. The van der Waals surface area contributed by atoms with Crippen LogP contribution in [0.4, 0.5) is 10.1 Å². The monoisotopic (exact) mass is 384 g/mol. The Bertz CT molecular complexity index is 1150. The Labute approximate surface area is 158 Å². The molecule has 0 fully saturated rings. The van der Waals surface area contributed by atoms with E-state index in [9.17, 15) is 14.0 Å². The third-order valence-corrected chi connectivity index (χ3v) is 4.96. The van der Waals surface area contributed by atoms with Crippen LogP contribution in [-0.2, 0) is 11.8 Å². The smallest absolute Gasteiger partial charge is 0.268 e. The van der Waals surface area contributed by atoms with Gasteiger partial charge < -0.3 is 14.6 Å². The van der Waals surface area contributed by atoms with E-state index in [1.807, 2.05) is 0 Å². The molecule has 0 saturated heterocycles. The Morgan fingerprint density at radius 2 is 1.89 bits per heavy atom. The molecule has 3 rings (SSSR count). The molecular formula is C20H17FN2O3S. The van der Waals surface area contributed by atoms with Gasteiger partial charge in [0, 0.05) is 13.1 Å². The fraction of sp³-hybridized carbons (Fsp3) is 0.100. The van der Waals surface area contributed by atoms with Crippen LogP contribution in [0.15, 0.2) is 53.3 Å². The molecule has 1 heterocycles. The third kappa shape index (κ3) is 4.32. The summed E-state index contributed by atoms with van der Waals surface area (Å²) in [5.74, 6) is -0.164. The molecule has 0 bridgehead atoms. The highest BCUT2D eigenvalue weighted by Gasteiger charge is 2.06. The Kier molecular flexibility index (Phi) is 5.52. The number of ether oxygens (including phenoxy) is 1. The quantitative estimate of drug-likeness (QED) is 0.747. The molecule has 0 aliphatic carbocycles. The molecule has 0 radical (unpaired) electrons. The van der Waals surface area contributed by atoms with Gasteiger partial charge in [-0.15, -0.1) is 11.3 Å². The van der Waals surface area contributed by atoms with Crippen LogP contribution < -0.4 is 24.8 Å². The van der Waals surface area contributed by atoms with E-state index in [4.69, 9.17) is 4.74 Å². The minimum atomic E-state index is -0.371. The molecule has 2 aromatic carbocycles. The van der Waals surface area contributed by atoms with Crippen molar-refractivity contribution < 1.29 is 13.9 Å². The largest absolute Gasteiger partial charge is 0.495 e. The van der Waals surface area contributed by atoms with Crippen molar-refractivity contribution in [1.82, 2.24) is 4.57 Å². The molecule has 1 N–H and O–H groups in total. The van der Waals surface area contributed by atoms with Gasteiger partial charge in [0.2, 0.25) is 0 Å². The summed E-state index contributed by atoms with van der Waals surface area (Å²) in [6, 6.07) is 12.9. The fourth-order valence-electron chi connectivity index (χ4n) is 2.45. The minimum Gasteiger partial charge on any atom is -0.495 e. The number of amides is 1. The number of rotatable bonds is 4. The Hall–Kier alpha value is -3.19. The maximum absolute atomic E-state index is 13.0. The maximum atomic E-state index is 13.0. The van der Waals surface area contributed by atoms with Crippen LogP contribution in [0.5, 0.6) is 5.75 Å². The number of methoxy groups -OCH3 is 1. The molecule has 1 aromatic heterocycles. The van der Waals surface area contributed by atoms with E-state index in [1.165, 1.54) is 41.2 Å². The summed E-state index contributed by atoms with van der Waals surface area (Å²) in [6.07, 6.45) is 3.03. The minimum absolute atomic E-state index is 0.222. The van der Waals surface area contributed by atoms with E-state index in [0.29, 0.717) is 26.2 Å². The van der Waals surface area contributed by atoms with Gasteiger partial charge in [0.05, 0.1) is 17.3 Å². The van der Waals surface area contributed by atoms with Gasteiger partial charge in [-0.2, -0.15) is 0 Å². The van der Waals surface area contributed by atoms with Crippen LogP contribution in [0.1, 0.15) is 5.56 Å². The van der Waals surface area contributed by atoms with Gasteiger partial charge in [-0.1, -0.05) is 24.3 Å². The number of aromatic nitrogens is 1. The Balaban J connectivity index is 1.94. The number of para-hydroxylation sites is 2. The summed E-state index contributed by atoms with van der Waals surface area (Å²) in [7, 11) is 3.12. The van der Waals surface area contributed by atoms with Crippen molar-refractivity contribution in [2.75, 3.05) is 12.4 Å². The maximum Gasteiger partial charge on any atom is 0.268 e. The first kappa shape index (κ1) is 18.6. The summed E-state index contributed by atoms with van der Waals surface area (Å²) in [5, 5.41) is 2.74. The van der Waals surface area contributed by atoms with Crippen LogP contribution in [0.3, 0.4) is 0 Å². The molecule has 0 unspecified atom stereocenters. The summed E-state index contributed by atoms with van der Waals surface area (Å²) in [6.45, 7) is 0. The highest BCUT2D eigenvalue weighted by Crippen LogP contribution is 2.22. The molecular weight excluding hydrogens is 367 g/mol. The van der Waals surface area contributed by atoms with Gasteiger partial charge >= 0.3 is 0 Å². The molecule has 27 heavy (non-hydrogen) atoms. The zero-order chi connectivity index (χ0) is 19.4. The lowest BCUT2D eigenvalue weighted by molar-refractivity contribution is -0.110. The van der Waals surface area contributed by atoms with E-state index < -0.39 is 0 Å². The van der Waals surface area contributed by atoms with Crippen molar-refractivity contribution in [1.29, 1.82) is 0 Å². The predicted octanol–water partition coefficient (Wildman–Crippen LogP) is 1.84. The number of halogens is 1. The number of hydrogen-bond acceptors (Lipinski definition) is 4. The van der Waals surface area contributed by atoms with E-state index >= 15 is 0 Å². The average Bonchev–Trinajstić information content (AvgIpc) is 2.92. The average molecular weight is 384 g/mol. The predicted molar refractivity (Wildman–Crippen MR) is 105 cm³/mol. The van der Waals surface area contributed by atoms with E-state index in [-0.39, 0.29) is 17.3 Å². The van der Waals surface area contributed by atoms with Gasteiger partial charge in [-0.3, -0.25) is 9.59 Å². The second kappa shape index (κ2) is 8.01. The summed E-state index contributed by atoms with van der Waals surface area (Å²) in [4.78, 5) is 24.7. The first-order chi connectivity index (χ1) is 13.0.